The third-order valence-electron chi connectivity index (χ3n) is 5.28. The SMILES string of the molecule is CCOC(=O)c1c(NC(=S)NCc2ccc(OC)c(OC)c2)sc2c1CCCCCC2. The number of fused-ring (bicyclic) bond motifs is 1. The van der Waals surface area contributed by atoms with Gasteiger partial charge < -0.3 is 24.8 Å². The molecule has 1 aromatic carbocycles. The molecule has 0 fully saturated rings. The number of ether oxygens (including phenoxy) is 3. The van der Waals surface area contributed by atoms with Gasteiger partial charge in [0, 0.05) is 11.4 Å². The number of methoxy groups -OCH3 is 2. The molecule has 0 amide bonds. The Kier molecular flexibility index (Phi) is 8.54. The van der Waals surface area contributed by atoms with Crippen LogP contribution in [-0.4, -0.2) is 31.9 Å². The Labute approximate surface area is 193 Å². The third kappa shape index (κ3) is 5.89. The summed E-state index contributed by atoms with van der Waals surface area (Å²) in [6.45, 7) is 2.70. The molecular weight excluding hydrogens is 432 g/mol. The summed E-state index contributed by atoms with van der Waals surface area (Å²) >= 11 is 7.15. The quantitative estimate of drug-likeness (QED) is 0.439. The summed E-state index contributed by atoms with van der Waals surface area (Å²) in [5, 5.41) is 7.71. The van der Waals surface area contributed by atoms with Gasteiger partial charge in [-0.3, -0.25) is 0 Å². The van der Waals surface area contributed by atoms with Crippen LogP contribution >= 0.6 is 23.6 Å². The van der Waals surface area contributed by atoms with Crippen LogP contribution < -0.4 is 20.1 Å². The largest absolute Gasteiger partial charge is 0.493 e. The van der Waals surface area contributed by atoms with Gasteiger partial charge in [0.25, 0.3) is 0 Å². The second kappa shape index (κ2) is 11.3. The second-order valence-corrected chi connectivity index (χ2v) is 8.85. The number of thiocarbonyl (C=S) groups is 1. The number of carbonyl (C=O) groups is 1. The Morgan fingerprint density at radius 3 is 2.55 bits per heavy atom. The minimum Gasteiger partial charge on any atom is -0.493 e. The van der Waals surface area contributed by atoms with Crippen LogP contribution in [0.4, 0.5) is 5.00 Å². The zero-order valence-electron chi connectivity index (χ0n) is 18.3. The monoisotopic (exact) mass is 462 g/mol. The van der Waals surface area contributed by atoms with E-state index in [0.29, 0.717) is 35.3 Å². The fraction of sp³-hybridized carbons (Fsp3) is 0.478. The first-order valence-electron chi connectivity index (χ1n) is 10.6. The molecule has 0 saturated carbocycles. The van der Waals surface area contributed by atoms with Crippen LogP contribution in [0.5, 0.6) is 11.5 Å². The highest BCUT2D eigenvalue weighted by Crippen LogP contribution is 2.37. The number of hydrogen-bond donors (Lipinski definition) is 2. The molecule has 0 atom stereocenters. The van der Waals surface area contributed by atoms with Gasteiger partial charge in [-0.1, -0.05) is 18.9 Å². The fourth-order valence-corrected chi connectivity index (χ4v) is 5.27. The van der Waals surface area contributed by atoms with E-state index in [1.807, 2.05) is 25.1 Å². The Balaban J connectivity index is 1.74. The number of benzene rings is 1. The van der Waals surface area contributed by atoms with Crippen LogP contribution in [0.1, 0.15) is 59.0 Å². The standard InChI is InChI=1S/C23H30N2O4S2/c1-4-29-22(26)20-16-9-7-5-6-8-10-19(16)31-21(20)25-23(30)24-14-15-11-12-17(27-2)18(13-15)28-3/h11-13H,4-10,14H2,1-3H3,(H2,24,25,30). The van der Waals surface area contributed by atoms with Crippen molar-refractivity contribution in [1.82, 2.24) is 5.32 Å². The minimum absolute atomic E-state index is 0.272. The lowest BCUT2D eigenvalue weighted by Crippen LogP contribution is -2.28. The van der Waals surface area contributed by atoms with Gasteiger partial charge in [0.1, 0.15) is 5.00 Å². The first kappa shape index (κ1) is 23.3. The lowest BCUT2D eigenvalue weighted by Gasteiger charge is -2.13. The maximum absolute atomic E-state index is 12.7. The van der Waals surface area contributed by atoms with Gasteiger partial charge in [-0.05, 0) is 68.1 Å². The first-order valence-corrected chi connectivity index (χ1v) is 11.9. The molecule has 31 heavy (non-hydrogen) atoms. The van der Waals surface area contributed by atoms with Gasteiger partial charge in [-0.25, -0.2) is 4.79 Å². The van der Waals surface area contributed by atoms with Crippen molar-refractivity contribution in [2.45, 2.75) is 52.0 Å². The molecule has 0 unspecified atom stereocenters. The molecule has 6 nitrogen and oxygen atoms in total. The Bertz CT molecular complexity index is 927. The van der Waals surface area contributed by atoms with E-state index in [2.05, 4.69) is 10.6 Å². The number of nitrogens with one attached hydrogen (secondary N) is 2. The zero-order chi connectivity index (χ0) is 22.2. The van der Waals surface area contributed by atoms with E-state index in [4.69, 9.17) is 26.4 Å². The van der Waals surface area contributed by atoms with Crippen molar-refractivity contribution in [3.63, 3.8) is 0 Å². The maximum Gasteiger partial charge on any atom is 0.341 e. The smallest absolute Gasteiger partial charge is 0.341 e. The first-order chi connectivity index (χ1) is 15.1. The van der Waals surface area contributed by atoms with Gasteiger partial charge in [0.15, 0.2) is 16.6 Å². The number of carbonyl (C=O) groups excluding carboxylic acids is 1. The van der Waals surface area contributed by atoms with Crippen molar-refractivity contribution in [3.8, 4) is 11.5 Å². The minimum atomic E-state index is -0.272. The highest BCUT2D eigenvalue weighted by Gasteiger charge is 2.25. The van der Waals surface area contributed by atoms with Gasteiger partial charge >= 0.3 is 5.97 Å². The number of aryl methyl sites for hydroxylation is 1. The Hall–Kier alpha value is -2.32. The van der Waals surface area contributed by atoms with Gasteiger partial charge in [-0.2, -0.15) is 0 Å². The lowest BCUT2D eigenvalue weighted by atomic mass is 9.96. The normalized spacial score (nSPS) is 13.4. The molecule has 2 N–H and O–H groups in total. The molecule has 0 saturated heterocycles. The van der Waals surface area contributed by atoms with E-state index in [-0.39, 0.29) is 5.97 Å². The number of thiophene rings is 1. The molecule has 1 heterocycles. The highest BCUT2D eigenvalue weighted by atomic mass is 32.1. The van der Waals surface area contributed by atoms with E-state index in [0.717, 1.165) is 41.8 Å². The van der Waals surface area contributed by atoms with Crippen molar-refractivity contribution < 1.29 is 19.0 Å². The summed E-state index contributed by atoms with van der Waals surface area (Å²) in [5.41, 5.74) is 2.79. The summed E-state index contributed by atoms with van der Waals surface area (Å²) in [5.74, 6) is 1.08. The molecule has 0 radical (unpaired) electrons. The van der Waals surface area contributed by atoms with E-state index >= 15 is 0 Å². The average molecular weight is 463 g/mol. The third-order valence-corrected chi connectivity index (χ3v) is 6.73. The molecule has 3 rings (SSSR count). The molecule has 8 heteroatoms. The number of hydrogen-bond acceptors (Lipinski definition) is 6. The van der Waals surface area contributed by atoms with Crippen LogP contribution in [0.2, 0.25) is 0 Å². The lowest BCUT2D eigenvalue weighted by molar-refractivity contribution is 0.0526. The van der Waals surface area contributed by atoms with Gasteiger partial charge in [0.05, 0.1) is 26.4 Å². The fourth-order valence-electron chi connectivity index (χ4n) is 3.75. The Morgan fingerprint density at radius 2 is 1.84 bits per heavy atom. The number of rotatable bonds is 7. The molecule has 1 aliphatic rings. The van der Waals surface area contributed by atoms with E-state index in [1.54, 1.807) is 25.6 Å². The molecule has 1 aliphatic carbocycles. The van der Waals surface area contributed by atoms with Crippen LogP contribution in [-0.2, 0) is 24.1 Å². The molecule has 0 bridgehead atoms. The van der Waals surface area contributed by atoms with Crippen LogP contribution in [0.3, 0.4) is 0 Å². The summed E-state index contributed by atoms with van der Waals surface area (Å²) < 4.78 is 16.0. The van der Waals surface area contributed by atoms with Crippen molar-refractivity contribution in [3.05, 3.63) is 39.8 Å². The van der Waals surface area contributed by atoms with Crippen molar-refractivity contribution in [1.29, 1.82) is 0 Å². The maximum atomic E-state index is 12.7. The summed E-state index contributed by atoms with van der Waals surface area (Å²) in [4.78, 5) is 14.0. The molecule has 168 valence electrons. The molecular formula is C23H30N2O4S2. The van der Waals surface area contributed by atoms with E-state index < -0.39 is 0 Å². The van der Waals surface area contributed by atoms with Crippen LogP contribution in [0, 0.1) is 0 Å². The predicted octanol–water partition coefficient (Wildman–Crippen LogP) is 5.09. The summed E-state index contributed by atoms with van der Waals surface area (Å²) in [6.07, 6.45) is 6.59. The van der Waals surface area contributed by atoms with Gasteiger partial charge in [-0.15, -0.1) is 11.3 Å². The number of anilines is 1. The van der Waals surface area contributed by atoms with Gasteiger partial charge in [0.2, 0.25) is 0 Å². The molecule has 2 aromatic rings. The van der Waals surface area contributed by atoms with Crippen LogP contribution in [0.25, 0.3) is 0 Å². The molecule has 1 aromatic heterocycles. The second-order valence-electron chi connectivity index (χ2n) is 7.34. The zero-order valence-corrected chi connectivity index (χ0v) is 20.0. The molecule has 0 spiro atoms. The van der Waals surface area contributed by atoms with Crippen molar-refractivity contribution in [2.24, 2.45) is 0 Å². The van der Waals surface area contributed by atoms with E-state index in [9.17, 15) is 4.79 Å². The van der Waals surface area contributed by atoms with E-state index in [1.165, 1.54) is 17.7 Å². The summed E-state index contributed by atoms with van der Waals surface area (Å²) in [6, 6.07) is 5.73. The molecule has 0 aliphatic heterocycles. The number of esters is 1. The van der Waals surface area contributed by atoms with Crippen molar-refractivity contribution in [2.75, 3.05) is 26.1 Å². The summed E-state index contributed by atoms with van der Waals surface area (Å²) in [7, 11) is 3.22. The van der Waals surface area contributed by atoms with Crippen LogP contribution in [0.15, 0.2) is 18.2 Å². The highest BCUT2D eigenvalue weighted by molar-refractivity contribution is 7.80. The Morgan fingerprint density at radius 1 is 1.10 bits per heavy atom. The van der Waals surface area contributed by atoms with Crippen molar-refractivity contribution >= 4 is 39.6 Å². The topological polar surface area (TPSA) is 68.8 Å². The predicted molar refractivity (Wildman–Crippen MR) is 129 cm³/mol. The average Bonchev–Trinajstić information content (AvgIpc) is 3.08.